The van der Waals surface area contributed by atoms with Crippen LogP contribution in [0.4, 0.5) is 0 Å². The van der Waals surface area contributed by atoms with E-state index >= 15 is 0 Å². The molecule has 7 nitrogen and oxygen atoms in total. The third-order valence-electron chi connectivity index (χ3n) is 3.95. The van der Waals surface area contributed by atoms with Gasteiger partial charge in [-0.25, -0.2) is 4.79 Å². The van der Waals surface area contributed by atoms with Crippen LogP contribution in [0.3, 0.4) is 0 Å². The maximum Gasteiger partial charge on any atom is 0.341 e. The number of aromatic carboxylic acids is 1. The lowest BCUT2D eigenvalue weighted by atomic mass is 10.0. The highest BCUT2D eigenvalue weighted by Gasteiger charge is 2.22. The number of hydrogen-bond acceptors (Lipinski definition) is 6. The fourth-order valence-corrected chi connectivity index (χ4v) is 2.62. The standard InChI is InChI=1S/C20H15N3O4/c1-12-17(20(24)25)19(23-22-18(12)14-6-4-3-5-7-14)27-15-9-8-13(11-21)10-16(15)26-2/h3-10H,1-2H3,(H,24,25). The van der Waals surface area contributed by atoms with Crippen LogP contribution in [0.15, 0.2) is 48.5 Å². The molecule has 7 heteroatoms. The molecule has 134 valence electrons. The number of carboxylic acids is 1. The normalized spacial score (nSPS) is 10.1. The smallest absolute Gasteiger partial charge is 0.341 e. The third-order valence-corrected chi connectivity index (χ3v) is 3.95. The van der Waals surface area contributed by atoms with Gasteiger partial charge in [-0.15, -0.1) is 10.2 Å². The molecule has 0 unspecified atom stereocenters. The second-order valence-corrected chi connectivity index (χ2v) is 5.60. The van der Waals surface area contributed by atoms with Crippen LogP contribution < -0.4 is 9.47 Å². The summed E-state index contributed by atoms with van der Waals surface area (Å²) in [6.45, 7) is 1.66. The number of rotatable bonds is 5. The molecule has 0 saturated heterocycles. The molecule has 1 heterocycles. The van der Waals surface area contributed by atoms with E-state index < -0.39 is 5.97 Å². The lowest BCUT2D eigenvalue weighted by Crippen LogP contribution is -2.08. The Hall–Kier alpha value is -3.92. The zero-order chi connectivity index (χ0) is 19.4. The first-order valence-corrected chi connectivity index (χ1v) is 7.97. The first-order valence-electron chi connectivity index (χ1n) is 7.97. The van der Waals surface area contributed by atoms with Crippen LogP contribution in [-0.2, 0) is 0 Å². The predicted molar refractivity (Wildman–Crippen MR) is 96.9 cm³/mol. The topological polar surface area (TPSA) is 105 Å². The predicted octanol–water partition coefficient (Wildman–Crippen LogP) is 3.82. The Balaban J connectivity index is 2.08. The van der Waals surface area contributed by atoms with Crippen molar-refractivity contribution in [1.29, 1.82) is 5.26 Å². The molecule has 3 aromatic rings. The maximum absolute atomic E-state index is 11.8. The fourth-order valence-electron chi connectivity index (χ4n) is 2.62. The lowest BCUT2D eigenvalue weighted by Gasteiger charge is -2.14. The molecule has 1 aromatic heterocycles. The van der Waals surface area contributed by atoms with Crippen molar-refractivity contribution in [3.63, 3.8) is 0 Å². The summed E-state index contributed by atoms with van der Waals surface area (Å²) >= 11 is 0. The monoisotopic (exact) mass is 361 g/mol. The molecule has 2 aromatic carbocycles. The Bertz CT molecular complexity index is 1040. The van der Waals surface area contributed by atoms with Crippen LogP contribution in [0.5, 0.6) is 17.4 Å². The average molecular weight is 361 g/mol. The van der Waals surface area contributed by atoms with Crippen molar-refractivity contribution in [1.82, 2.24) is 10.2 Å². The van der Waals surface area contributed by atoms with Gasteiger partial charge in [-0.05, 0) is 24.6 Å². The maximum atomic E-state index is 11.8. The summed E-state index contributed by atoms with van der Waals surface area (Å²) in [7, 11) is 1.43. The molecule has 0 spiro atoms. The first-order chi connectivity index (χ1) is 13.0. The molecule has 0 atom stereocenters. The third kappa shape index (κ3) is 3.55. The van der Waals surface area contributed by atoms with E-state index in [0.717, 1.165) is 5.56 Å². The number of nitrogens with zero attached hydrogens (tertiary/aromatic N) is 3. The number of benzene rings is 2. The minimum Gasteiger partial charge on any atom is -0.493 e. The van der Waals surface area contributed by atoms with Crippen molar-refractivity contribution in [3.05, 3.63) is 65.2 Å². The van der Waals surface area contributed by atoms with E-state index in [0.29, 0.717) is 16.8 Å². The minimum absolute atomic E-state index is 0.0877. The van der Waals surface area contributed by atoms with Gasteiger partial charge in [0.05, 0.1) is 24.4 Å². The van der Waals surface area contributed by atoms with Crippen LogP contribution in [0.25, 0.3) is 11.3 Å². The van der Waals surface area contributed by atoms with E-state index in [1.165, 1.54) is 25.3 Å². The van der Waals surface area contributed by atoms with Gasteiger partial charge in [0.2, 0.25) is 0 Å². The Morgan fingerprint density at radius 3 is 2.48 bits per heavy atom. The molecule has 0 aliphatic heterocycles. The van der Waals surface area contributed by atoms with Gasteiger partial charge in [-0.3, -0.25) is 0 Å². The van der Waals surface area contributed by atoms with Crippen molar-refractivity contribution in [2.24, 2.45) is 0 Å². The Kier molecular flexibility index (Phi) is 4.99. The molecular formula is C20H15N3O4. The summed E-state index contributed by atoms with van der Waals surface area (Å²) < 4.78 is 10.9. The fraction of sp³-hybridized carbons (Fsp3) is 0.100. The van der Waals surface area contributed by atoms with Crippen molar-refractivity contribution in [2.75, 3.05) is 7.11 Å². The summed E-state index contributed by atoms with van der Waals surface area (Å²) in [5, 5.41) is 26.8. The van der Waals surface area contributed by atoms with Crippen molar-refractivity contribution >= 4 is 5.97 Å². The van der Waals surface area contributed by atoms with Gasteiger partial charge in [-0.1, -0.05) is 30.3 Å². The highest BCUT2D eigenvalue weighted by Crippen LogP contribution is 2.35. The number of aromatic nitrogens is 2. The molecule has 0 aliphatic rings. The summed E-state index contributed by atoms with van der Waals surface area (Å²) in [5.74, 6) is -0.804. The van der Waals surface area contributed by atoms with Gasteiger partial charge < -0.3 is 14.6 Å². The molecule has 0 aliphatic carbocycles. The van der Waals surface area contributed by atoms with Gasteiger partial charge in [0.15, 0.2) is 11.5 Å². The van der Waals surface area contributed by atoms with E-state index in [-0.39, 0.29) is 22.9 Å². The molecule has 3 rings (SSSR count). The van der Waals surface area contributed by atoms with Crippen LogP contribution in [0.2, 0.25) is 0 Å². The molecule has 0 radical (unpaired) electrons. The summed E-state index contributed by atoms with van der Waals surface area (Å²) in [6, 6.07) is 15.7. The Morgan fingerprint density at radius 2 is 1.85 bits per heavy atom. The number of ether oxygens (including phenoxy) is 2. The highest BCUT2D eigenvalue weighted by atomic mass is 16.5. The Labute approximate surface area is 155 Å². The molecule has 27 heavy (non-hydrogen) atoms. The number of nitriles is 1. The van der Waals surface area contributed by atoms with Gasteiger partial charge in [0.1, 0.15) is 5.56 Å². The first kappa shape index (κ1) is 17.9. The number of carbonyl (C=O) groups is 1. The van der Waals surface area contributed by atoms with Crippen LogP contribution in [0.1, 0.15) is 21.5 Å². The molecule has 0 fully saturated rings. The SMILES string of the molecule is COc1cc(C#N)ccc1Oc1nnc(-c2ccccc2)c(C)c1C(=O)O. The van der Waals surface area contributed by atoms with E-state index in [4.69, 9.17) is 14.7 Å². The van der Waals surface area contributed by atoms with Gasteiger partial charge in [-0.2, -0.15) is 5.26 Å². The molecule has 0 saturated carbocycles. The number of carboxylic acid groups (broad SMARTS) is 1. The van der Waals surface area contributed by atoms with E-state index in [9.17, 15) is 9.90 Å². The minimum atomic E-state index is -1.18. The van der Waals surface area contributed by atoms with E-state index in [1.54, 1.807) is 6.92 Å². The summed E-state index contributed by atoms with van der Waals surface area (Å²) in [4.78, 5) is 11.8. The average Bonchev–Trinajstić information content (AvgIpc) is 2.68. The highest BCUT2D eigenvalue weighted by molar-refractivity contribution is 5.93. The largest absolute Gasteiger partial charge is 0.493 e. The van der Waals surface area contributed by atoms with E-state index in [1.807, 2.05) is 36.4 Å². The zero-order valence-corrected chi connectivity index (χ0v) is 14.6. The zero-order valence-electron chi connectivity index (χ0n) is 14.6. The van der Waals surface area contributed by atoms with Crippen LogP contribution in [0, 0.1) is 18.3 Å². The van der Waals surface area contributed by atoms with Crippen molar-refractivity contribution in [2.45, 2.75) is 6.92 Å². The summed E-state index contributed by atoms with van der Waals surface area (Å²) in [5.41, 5.74) is 1.96. The molecule has 1 N–H and O–H groups in total. The van der Waals surface area contributed by atoms with E-state index in [2.05, 4.69) is 10.2 Å². The Morgan fingerprint density at radius 1 is 1.11 bits per heavy atom. The van der Waals surface area contributed by atoms with Gasteiger partial charge in [0.25, 0.3) is 5.88 Å². The van der Waals surface area contributed by atoms with Crippen LogP contribution in [-0.4, -0.2) is 28.4 Å². The molecule has 0 amide bonds. The lowest BCUT2D eigenvalue weighted by molar-refractivity contribution is 0.0692. The van der Waals surface area contributed by atoms with Gasteiger partial charge >= 0.3 is 5.97 Å². The van der Waals surface area contributed by atoms with Gasteiger partial charge in [0, 0.05) is 11.6 Å². The molecule has 0 bridgehead atoms. The molecular weight excluding hydrogens is 346 g/mol. The van der Waals surface area contributed by atoms with Crippen molar-refractivity contribution < 1.29 is 19.4 Å². The second-order valence-electron chi connectivity index (χ2n) is 5.60. The summed E-state index contributed by atoms with van der Waals surface area (Å²) in [6.07, 6.45) is 0. The number of methoxy groups -OCH3 is 1. The van der Waals surface area contributed by atoms with Crippen molar-refractivity contribution in [3.8, 4) is 34.7 Å². The van der Waals surface area contributed by atoms with Crippen LogP contribution >= 0.6 is 0 Å². The second kappa shape index (κ2) is 7.54. The quantitative estimate of drug-likeness (QED) is 0.736. The number of hydrogen-bond donors (Lipinski definition) is 1.